The number of amides is 2. The monoisotopic (exact) mass is 442 g/mol. The molecular formula is C27H26N2O4. The van der Waals surface area contributed by atoms with Gasteiger partial charge in [0.15, 0.2) is 0 Å². The van der Waals surface area contributed by atoms with Gasteiger partial charge in [-0.05, 0) is 47.9 Å². The Morgan fingerprint density at radius 1 is 0.970 bits per heavy atom. The Bertz CT molecular complexity index is 1130. The molecule has 1 aliphatic heterocycles. The minimum absolute atomic E-state index is 0.138. The Labute approximate surface area is 193 Å². The highest BCUT2D eigenvalue weighted by molar-refractivity contribution is 6.08. The van der Waals surface area contributed by atoms with Gasteiger partial charge in [-0.2, -0.15) is 0 Å². The number of nitrogens with zero attached hydrogens (tertiary/aromatic N) is 1. The molecule has 0 saturated carbocycles. The lowest BCUT2D eigenvalue weighted by molar-refractivity contribution is -0.126. The van der Waals surface area contributed by atoms with E-state index >= 15 is 0 Å². The number of carbonyl (C=O) groups excluding carboxylic acids is 2. The number of ether oxygens (including phenoxy) is 2. The van der Waals surface area contributed by atoms with Crippen molar-refractivity contribution in [2.24, 2.45) is 0 Å². The maximum Gasteiger partial charge on any atom is 0.408 e. The summed E-state index contributed by atoms with van der Waals surface area (Å²) in [4.78, 5) is 27.2. The Kier molecular flexibility index (Phi) is 6.74. The second-order valence-electron chi connectivity index (χ2n) is 7.80. The van der Waals surface area contributed by atoms with Crippen LogP contribution in [0.25, 0.3) is 5.57 Å². The van der Waals surface area contributed by atoms with E-state index in [-0.39, 0.29) is 18.6 Å². The van der Waals surface area contributed by atoms with E-state index < -0.39 is 12.1 Å². The van der Waals surface area contributed by atoms with Crippen LogP contribution in [0.4, 0.5) is 10.5 Å². The molecule has 3 aromatic rings. The van der Waals surface area contributed by atoms with Crippen molar-refractivity contribution in [3.05, 3.63) is 102 Å². The standard InChI is InChI=1S/C27H26N2O4/c1-19(21-11-7-4-8-12-21)17-24-25(28-27(31)33-18-20-9-5-3-6-10-20)26(30)29(24)22-13-15-23(32-2)16-14-22/h3-17,24-25H,18H2,1-2H3,(H,28,31)/t24-,25+/m0/s1. The van der Waals surface area contributed by atoms with E-state index in [9.17, 15) is 9.59 Å². The van der Waals surface area contributed by atoms with Gasteiger partial charge in [-0.25, -0.2) is 4.79 Å². The first kappa shape index (κ1) is 22.1. The zero-order valence-electron chi connectivity index (χ0n) is 18.6. The summed E-state index contributed by atoms with van der Waals surface area (Å²) in [6, 6.07) is 25.6. The molecule has 6 heteroatoms. The fourth-order valence-corrected chi connectivity index (χ4v) is 3.82. The summed E-state index contributed by atoms with van der Waals surface area (Å²) in [6.45, 7) is 2.13. The van der Waals surface area contributed by atoms with Gasteiger partial charge in [0.2, 0.25) is 0 Å². The Morgan fingerprint density at radius 3 is 2.24 bits per heavy atom. The van der Waals surface area contributed by atoms with Gasteiger partial charge in [-0.3, -0.25) is 4.79 Å². The van der Waals surface area contributed by atoms with E-state index in [0.29, 0.717) is 5.75 Å². The van der Waals surface area contributed by atoms with Gasteiger partial charge in [0, 0.05) is 5.69 Å². The third kappa shape index (κ3) is 5.06. The predicted molar refractivity (Wildman–Crippen MR) is 128 cm³/mol. The number of β-lactam (4-membered cyclic amide) rings is 1. The van der Waals surface area contributed by atoms with Crippen LogP contribution in [0.2, 0.25) is 0 Å². The topological polar surface area (TPSA) is 67.9 Å². The number of alkyl carbamates (subject to hydrolysis) is 1. The molecule has 4 rings (SSSR count). The molecule has 1 heterocycles. The van der Waals surface area contributed by atoms with E-state index in [1.165, 1.54) is 0 Å². The molecule has 1 N–H and O–H groups in total. The fraction of sp³-hybridized carbons (Fsp3) is 0.185. The van der Waals surface area contributed by atoms with Crippen LogP contribution >= 0.6 is 0 Å². The lowest BCUT2D eigenvalue weighted by Gasteiger charge is -2.45. The molecule has 0 unspecified atom stereocenters. The molecule has 0 spiro atoms. The van der Waals surface area contributed by atoms with Crippen molar-refractivity contribution in [3.63, 3.8) is 0 Å². The molecule has 2 atom stereocenters. The maximum atomic E-state index is 13.0. The number of hydrogen-bond acceptors (Lipinski definition) is 4. The lowest BCUT2D eigenvalue weighted by atomic mass is 9.90. The molecule has 6 nitrogen and oxygen atoms in total. The van der Waals surface area contributed by atoms with Gasteiger partial charge < -0.3 is 19.7 Å². The molecule has 1 aliphatic rings. The van der Waals surface area contributed by atoms with Gasteiger partial charge in [0.05, 0.1) is 13.2 Å². The van der Waals surface area contributed by atoms with Crippen molar-refractivity contribution >= 4 is 23.3 Å². The zero-order valence-corrected chi connectivity index (χ0v) is 18.6. The SMILES string of the molecule is COc1ccc(N2C(=O)[C@H](NC(=O)OCc3ccccc3)[C@@H]2C=C(C)c2ccccc2)cc1. The number of allylic oxidation sites excluding steroid dienone is 1. The molecule has 2 amide bonds. The van der Waals surface area contributed by atoms with Crippen LogP contribution < -0.4 is 15.0 Å². The lowest BCUT2D eigenvalue weighted by Crippen LogP contribution is -2.70. The van der Waals surface area contributed by atoms with Crippen molar-refractivity contribution in [3.8, 4) is 5.75 Å². The van der Waals surface area contributed by atoms with Gasteiger partial charge in [0.1, 0.15) is 18.4 Å². The molecule has 3 aromatic carbocycles. The number of carbonyl (C=O) groups is 2. The zero-order chi connectivity index (χ0) is 23.2. The highest BCUT2D eigenvalue weighted by Crippen LogP contribution is 2.32. The van der Waals surface area contributed by atoms with Crippen LogP contribution in [0.1, 0.15) is 18.1 Å². The molecule has 168 valence electrons. The van der Waals surface area contributed by atoms with Crippen molar-refractivity contribution < 1.29 is 19.1 Å². The summed E-state index contributed by atoms with van der Waals surface area (Å²) in [5, 5.41) is 2.74. The summed E-state index contributed by atoms with van der Waals surface area (Å²) in [6.07, 6.45) is 1.38. The first-order valence-electron chi connectivity index (χ1n) is 10.7. The summed E-state index contributed by atoms with van der Waals surface area (Å²) < 4.78 is 10.6. The first-order chi connectivity index (χ1) is 16.1. The van der Waals surface area contributed by atoms with E-state index in [0.717, 1.165) is 22.4 Å². The Morgan fingerprint density at radius 2 is 1.61 bits per heavy atom. The number of nitrogens with one attached hydrogen (secondary N) is 1. The van der Waals surface area contributed by atoms with Crippen LogP contribution in [0, 0.1) is 0 Å². The first-order valence-corrected chi connectivity index (χ1v) is 10.7. The van der Waals surface area contributed by atoms with E-state index in [1.54, 1.807) is 12.0 Å². The Balaban J connectivity index is 1.53. The molecule has 0 bridgehead atoms. The highest BCUT2D eigenvalue weighted by Gasteiger charge is 2.48. The number of rotatable bonds is 7. The van der Waals surface area contributed by atoms with E-state index in [4.69, 9.17) is 9.47 Å². The van der Waals surface area contributed by atoms with Crippen molar-refractivity contribution in [2.45, 2.75) is 25.6 Å². The molecule has 33 heavy (non-hydrogen) atoms. The smallest absolute Gasteiger partial charge is 0.408 e. The molecule has 0 aromatic heterocycles. The summed E-state index contributed by atoms with van der Waals surface area (Å²) >= 11 is 0. The summed E-state index contributed by atoms with van der Waals surface area (Å²) in [5.74, 6) is 0.511. The number of hydrogen-bond donors (Lipinski definition) is 1. The molecule has 0 radical (unpaired) electrons. The number of benzene rings is 3. The minimum atomic E-state index is -0.714. The van der Waals surface area contributed by atoms with Gasteiger partial charge in [0.25, 0.3) is 5.91 Å². The van der Waals surface area contributed by atoms with Gasteiger partial charge in [-0.1, -0.05) is 66.7 Å². The third-order valence-corrected chi connectivity index (χ3v) is 5.63. The molecule has 1 fully saturated rings. The van der Waals surface area contributed by atoms with Crippen LogP contribution in [0.3, 0.4) is 0 Å². The maximum absolute atomic E-state index is 13.0. The van der Waals surface area contributed by atoms with Crippen LogP contribution in [0.15, 0.2) is 91.0 Å². The Hall–Kier alpha value is -4.06. The van der Waals surface area contributed by atoms with Gasteiger partial charge in [-0.15, -0.1) is 0 Å². The minimum Gasteiger partial charge on any atom is -0.497 e. The largest absolute Gasteiger partial charge is 0.497 e. The number of methoxy groups -OCH3 is 1. The van der Waals surface area contributed by atoms with Gasteiger partial charge >= 0.3 is 6.09 Å². The van der Waals surface area contributed by atoms with Crippen molar-refractivity contribution in [1.29, 1.82) is 0 Å². The average molecular weight is 443 g/mol. The van der Waals surface area contributed by atoms with Crippen LogP contribution in [-0.4, -0.2) is 31.2 Å². The summed E-state index contributed by atoms with van der Waals surface area (Å²) in [5.41, 5.74) is 3.68. The van der Waals surface area contributed by atoms with E-state index in [1.807, 2.05) is 97.9 Å². The van der Waals surface area contributed by atoms with Crippen LogP contribution in [-0.2, 0) is 16.1 Å². The van der Waals surface area contributed by atoms with Crippen molar-refractivity contribution in [2.75, 3.05) is 12.0 Å². The normalized spacial score (nSPS) is 17.8. The highest BCUT2D eigenvalue weighted by atomic mass is 16.5. The number of anilines is 1. The van der Waals surface area contributed by atoms with E-state index in [2.05, 4.69) is 5.32 Å². The molecule has 0 aliphatic carbocycles. The quantitative estimate of drug-likeness (QED) is 0.534. The summed E-state index contributed by atoms with van der Waals surface area (Å²) in [7, 11) is 1.60. The third-order valence-electron chi connectivity index (χ3n) is 5.63. The second-order valence-corrected chi connectivity index (χ2v) is 7.80. The molecular weight excluding hydrogens is 416 g/mol. The average Bonchev–Trinajstić information content (AvgIpc) is 2.87. The molecule has 1 saturated heterocycles. The van der Waals surface area contributed by atoms with Crippen molar-refractivity contribution in [1.82, 2.24) is 5.32 Å². The predicted octanol–water partition coefficient (Wildman–Crippen LogP) is 4.81. The fourth-order valence-electron chi connectivity index (χ4n) is 3.82. The van der Waals surface area contributed by atoms with Crippen LogP contribution in [0.5, 0.6) is 5.75 Å². The second kappa shape index (κ2) is 10.0.